The van der Waals surface area contributed by atoms with E-state index in [1.807, 2.05) is 24.3 Å². The number of para-hydroxylation sites is 1. The van der Waals surface area contributed by atoms with Gasteiger partial charge in [0.05, 0.1) is 23.1 Å². The molecule has 6 nitrogen and oxygen atoms in total. The fraction of sp³-hybridized carbons (Fsp3) is 0.278. The van der Waals surface area contributed by atoms with Crippen molar-refractivity contribution in [3.8, 4) is 5.75 Å². The predicted octanol–water partition coefficient (Wildman–Crippen LogP) is 8.41. The maximum Gasteiger partial charge on any atom is 0.420 e. The molecule has 10 heteroatoms. The normalized spacial score (nSPS) is 18.2. The number of hydrogen-bond donors (Lipinski definition) is 3. The van der Waals surface area contributed by atoms with Gasteiger partial charge in [-0.25, -0.2) is 4.39 Å². The van der Waals surface area contributed by atoms with Gasteiger partial charge in [0.15, 0.2) is 0 Å². The van der Waals surface area contributed by atoms with Gasteiger partial charge in [0.25, 0.3) is 5.91 Å². The number of rotatable bonds is 6. The fourth-order valence-corrected chi connectivity index (χ4v) is 6.63. The second kappa shape index (κ2) is 12.5. The molecule has 1 fully saturated rings. The van der Waals surface area contributed by atoms with Gasteiger partial charge < -0.3 is 15.7 Å². The molecule has 3 N–H and O–H groups in total. The molecule has 0 spiro atoms. The average molecular weight is 632 g/mol. The van der Waals surface area contributed by atoms with Crippen molar-refractivity contribution in [1.82, 2.24) is 0 Å². The number of aryl methyl sites for hydroxylation is 1. The summed E-state index contributed by atoms with van der Waals surface area (Å²) in [5.74, 6) is -3.90. The van der Waals surface area contributed by atoms with Gasteiger partial charge in [-0.05, 0) is 85.3 Å². The molecule has 1 aliphatic heterocycles. The summed E-state index contributed by atoms with van der Waals surface area (Å²) in [5, 5.41) is 15.9. The number of carbonyl (C=O) groups excluding carboxylic acids is 2. The first-order chi connectivity index (χ1) is 22.0. The number of hydrogen-bond acceptors (Lipinski definition) is 4. The van der Waals surface area contributed by atoms with Gasteiger partial charge in [0, 0.05) is 23.1 Å². The molecule has 1 saturated carbocycles. The Morgan fingerprint density at radius 1 is 0.891 bits per heavy atom. The van der Waals surface area contributed by atoms with Crippen molar-refractivity contribution in [3.05, 3.63) is 119 Å². The van der Waals surface area contributed by atoms with E-state index in [2.05, 4.69) is 10.6 Å². The van der Waals surface area contributed by atoms with Crippen molar-refractivity contribution in [2.24, 2.45) is 5.92 Å². The maximum atomic E-state index is 15.3. The Hall–Kier alpha value is -4.86. The van der Waals surface area contributed by atoms with E-state index < -0.39 is 47.1 Å². The summed E-state index contributed by atoms with van der Waals surface area (Å²) >= 11 is 0. The largest absolute Gasteiger partial charge is 0.507 e. The summed E-state index contributed by atoms with van der Waals surface area (Å²) in [6, 6.07) is 21.0. The van der Waals surface area contributed by atoms with Crippen LogP contribution in [0.5, 0.6) is 5.75 Å². The number of nitrogens with one attached hydrogen (secondary N) is 2. The number of benzene rings is 4. The first-order valence-corrected chi connectivity index (χ1v) is 15.3. The van der Waals surface area contributed by atoms with E-state index in [9.17, 15) is 27.9 Å². The van der Waals surface area contributed by atoms with Crippen molar-refractivity contribution in [2.45, 2.75) is 57.3 Å². The van der Waals surface area contributed by atoms with Gasteiger partial charge >= 0.3 is 6.18 Å². The second-order valence-electron chi connectivity index (χ2n) is 12.0. The highest BCUT2D eigenvalue weighted by Crippen LogP contribution is 2.45. The Balaban J connectivity index is 1.44. The van der Waals surface area contributed by atoms with Crippen molar-refractivity contribution < 1.29 is 32.3 Å². The standard InChI is InChI=1S/C36H33F4N3O3/c1-21-7-6-11-29(37)32(21)35(46)43-30-12-5-2-8-23(30)19-27(34(45)42-26-17-18-31(44)28(20-26)36(38,39)40)33(43)22-13-15-25(16-14-22)41-24-9-3-4-10-24/h2,5-8,11-18,20,24,27,33,41,44H,3-4,9-10,19H2,1H3,(H,42,45)/t27-,33?/m0/s1. The quantitative estimate of drug-likeness (QED) is 0.147. The number of aromatic hydroxyl groups is 1. The van der Waals surface area contributed by atoms with Crippen molar-refractivity contribution >= 4 is 28.9 Å². The van der Waals surface area contributed by atoms with E-state index in [1.165, 1.54) is 23.1 Å². The number of halogens is 4. The predicted molar refractivity (Wildman–Crippen MR) is 168 cm³/mol. The van der Waals surface area contributed by atoms with E-state index in [0.717, 1.165) is 37.4 Å². The zero-order chi connectivity index (χ0) is 32.6. The lowest BCUT2D eigenvalue weighted by Crippen LogP contribution is -2.47. The summed E-state index contributed by atoms with van der Waals surface area (Å²) in [6.07, 6.45) is -0.217. The van der Waals surface area contributed by atoms with Crippen LogP contribution in [0.15, 0.2) is 84.9 Å². The van der Waals surface area contributed by atoms with E-state index in [0.29, 0.717) is 34.5 Å². The van der Waals surface area contributed by atoms with Crippen LogP contribution in [0.3, 0.4) is 0 Å². The van der Waals surface area contributed by atoms with Gasteiger partial charge in [-0.2, -0.15) is 13.2 Å². The molecule has 46 heavy (non-hydrogen) atoms. The number of phenolic OH excluding ortho intramolecular Hbond substituents is 1. The van der Waals surface area contributed by atoms with Gasteiger partial charge in [-0.1, -0.05) is 55.3 Å². The van der Waals surface area contributed by atoms with E-state index in [1.54, 1.807) is 37.3 Å². The molecule has 2 aliphatic rings. The molecule has 1 heterocycles. The topological polar surface area (TPSA) is 81.7 Å². The Labute approximate surface area is 264 Å². The number of alkyl halides is 3. The second-order valence-corrected chi connectivity index (χ2v) is 12.0. The molecule has 4 aromatic rings. The Kier molecular flexibility index (Phi) is 8.46. The van der Waals surface area contributed by atoms with Crippen LogP contribution >= 0.6 is 0 Å². The number of nitrogens with zero attached hydrogens (tertiary/aromatic N) is 1. The molecule has 0 aromatic heterocycles. The van der Waals surface area contributed by atoms with Crippen LogP contribution in [-0.2, 0) is 17.4 Å². The van der Waals surface area contributed by atoms with Gasteiger partial charge in [0.1, 0.15) is 11.6 Å². The van der Waals surface area contributed by atoms with Crippen LogP contribution in [0.25, 0.3) is 0 Å². The zero-order valence-corrected chi connectivity index (χ0v) is 25.1. The average Bonchev–Trinajstić information content (AvgIpc) is 3.54. The Morgan fingerprint density at radius 3 is 2.28 bits per heavy atom. The third-order valence-corrected chi connectivity index (χ3v) is 8.89. The molecular formula is C36H33F4N3O3. The highest BCUT2D eigenvalue weighted by atomic mass is 19.4. The van der Waals surface area contributed by atoms with Crippen molar-refractivity contribution in [3.63, 3.8) is 0 Å². The molecule has 0 saturated heterocycles. The third kappa shape index (κ3) is 6.16. The number of carbonyl (C=O) groups is 2. The van der Waals surface area contributed by atoms with Crippen LogP contribution in [0.4, 0.5) is 34.6 Å². The smallest absolute Gasteiger partial charge is 0.420 e. The highest BCUT2D eigenvalue weighted by molar-refractivity contribution is 6.09. The van der Waals surface area contributed by atoms with Crippen LogP contribution in [0.1, 0.15) is 64.3 Å². The molecule has 2 atom stereocenters. The molecule has 0 bridgehead atoms. The molecule has 1 unspecified atom stereocenters. The van der Waals surface area contributed by atoms with Crippen molar-refractivity contribution in [2.75, 3.05) is 15.5 Å². The summed E-state index contributed by atoms with van der Waals surface area (Å²) in [5.41, 5.74) is 1.52. The van der Waals surface area contributed by atoms with Crippen LogP contribution < -0.4 is 15.5 Å². The number of anilines is 3. The molecule has 238 valence electrons. The molecule has 0 radical (unpaired) electrons. The number of phenols is 1. The minimum atomic E-state index is -4.84. The lowest BCUT2D eigenvalue weighted by atomic mass is 9.80. The van der Waals surface area contributed by atoms with Crippen LogP contribution in [-0.4, -0.2) is 23.0 Å². The van der Waals surface area contributed by atoms with E-state index >= 15 is 4.39 Å². The molecular weight excluding hydrogens is 598 g/mol. The lowest BCUT2D eigenvalue weighted by Gasteiger charge is -2.42. The summed E-state index contributed by atoms with van der Waals surface area (Å²) in [7, 11) is 0. The minimum absolute atomic E-state index is 0.128. The van der Waals surface area contributed by atoms with Gasteiger partial charge in [-0.3, -0.25) is 14.5 Å². The molecule has 2 amide bonds. The zero-order valence-electron chi connectivity index (χ0n) is 25.1. The lowest BCUT2D eigenvalue weighted by molar-refractivity contribution is -0.138. The summed E-state index contributed by atoms with van der Waals surface area (Å²) in [4.78, 5) is 29.9. The van der Waals surface area contributed by atoms with Crippen LogP contribution in [0.2, 0.25) is 0 Å². The molecule has 1 aliphatic carbocycles. The SMILES string of the molecule is Cc1cccc(F)c1C(=O)N1c2ccccc2C[C@H](C(=O)Nc2ccc(O)c(C(F)(F)F)c2)C1c1ccc(NC2CCCC2)cc1. The third-order valence-electron chi connectivity index (χ3n) is 8.89. The Bertz CT molecular complexity index is 1750. The number of fused-ring (bicyclic) bond motifs is 1. The Morgan fingerprint density at radius 2 is 1.59 bits per heavy atom. The molecule has 6 rings (SSSR count). The first-order valence-electron chi connectivity index (χ1n) is 15.3. The molecule has 4 aromatic carbocycles. The maximum absolute atomic E-state index is 15.3. The summed E-state index contributed by atoms with van der Waals surface area (Å²) < 4.78 is 55.9. The monoisotopic (exact) mass is 631 g/mol. The van der Waals surface area contributed by atoms with Crippen LogP contribution in [0, 0.1) is 18.7 Å². The van der Waals surface area contributed by atoms with E-state index in [4.69, 9.17) is 0 Å². The summed E-state index contributed by atoms with van der Waals surface area (Å²) in [6.45, 7) is 1.64. The van der Waals surface area contributed by atoms with Gasteiger partial charge in [-0.15, -0.1) is 0 Å². The minimum Gasteiger partial charge on any atom is -0.507 e. The highest BCUT2D eigenvalue weighted by Gasteiger charge is 2.43. The van der Waals surface area contributed by atoms with E-state index in [-0.39, 0.29) is 17.7 Å². The van der Waals surface area contributed by atoms with Crippen molar-refractivity contribution in [1.29, 1.82) is 0 Å². The fourth-order valence-electron chi connectivity index (χ4n) is 6.63. The number of amides is 2. The first kappa shape index (κ1) is 31.1. The van der Waals surface area contributed by atoms with Gasteiger partial charge in [0.2, 0.25) is 5.91 Å².